The van der Waals surface area contributed by atoms with E-state index in [1.54, 1.807) is 11.6 Å². The first-order valence-electron chi connectivity index (χ1n) is 2.26. The minimum absolute atomic E-state index is 0.780. The summed E-state index contributed by atoms with van der Waals surface area (Å²) in [6, 6.07) is 0. The Morgan fingerprint density at radius 3 is 2.75 bits per heavy atom. The monoisotopic (exact) mass is 127 g/mol. The molecular formula is C6H9NS. The quantitative estimate of drug-likeness (QED) is 0.530. The summed E-state index contributed by atoms with van der Waals surface area (Å²) in [6.07, 6.45) is 1.71. The Morgan fingerprint density at radius 2 is 2.38 bits per heavy atom. The number of thioether (sulfide) groups is 1. The van der Waals surface area contributed by atoms with Crippen molar-refractivity contribution < 1.29 is 0 Å². The van der Waals surface area contributed by atoms with Crippen molar-refractivity contribution in [1.82, 2.24) is 0 Å². The topological polar surface area (TPSA) is 12.4 Å². The van der Waals surface area contributed by atoms with Crippen LogP contribution in [-0.2, 0) is 0 Å². The van der Waals surface area contributed by atoms with Gasteiger partial charge in [-0.25, -0.2) is 0 Å². The lowest BCUT2D eigenvalue weighted by Gasteiger charge is -1.87. The number of nitrogens with zero attached hydrogens (tertiary/aromatic N) is 1. The molecule has 0 aromatic heterocycles. The van der Waals surface area contributed by atoms with Gasteiger partial charge in [0, 0.05) is 6.21 Å². The van der Waals surface area contributed by atoms with Crippen LogP contribution in [0.15, 0.2) is 28.6 Å². The number of rotatable bonds is 3. The van der Waals surface area contributed by atoms with E-state index in [1.165, 1.54) is 11.8 Å². The van der Waals surface area contributed by atoms with E-state index in [0.29, 0.717) is 0 Å². The standard InChI is InChI=1S/C6H9NS/c1-4-7-6(3)8-5-2/h4-5H,2-3H2,1H3/b7-4-. The van der Waals surface area contributed by atoms with Crippen molar-refractivity contribution in [2.45, 2.75) is 6.92 Å². The average molecular weight is 127 g/mol. The zero-order valence-corrected chi connectivity index (χ0v) is 5.74. The molecular weight excluding hydrogens is 118 g/mol. The maximum absolute atomic E-state index is 3.89. The predicted molar refractivity (Wildman–Crippen MR) is 41.1 cm³/mol. The molecule has 0 amide bonds. The molecule has 0 spiro atoms. The second-order valence-electron chi connectivity index (χ2n) is 1.07. The van der Waals surface area contributed by atoms with E-state index in [9.17, 15) is 0 Å². The molecule has 0 aliphatic rings. The summed E-state index contributed by atoms with van der Waals surface area (Å²) in [4.78, 5) is 3.89. The molecule has 0 atom stereocenters. The van der Waals surface area contributed by atoms with Gasteiger partial charge in [-0.3, -0.25) is 4.99 Å². The Hall–Kier alpha value is -0.500. The van der Waals surface area contributed by atoms with Crippen LogP contribution in [0.2, 0.25) is 0 Å². The van der Waals surface area contributed by atoms with E-state index in [4.69, 9.17) is 0 Å². The van der Waals surface area contributed by atoms with Gasteiger partial charge in [-0.05, 0) is 12.3 Å². The molecule has 2 heteroatoms. The van der Waals surface area contributed by atoms with Gasteiger partial charge in [0.1, 0.15) is 0 Å². The molecule has 0 unspecified atom stereocenters. The molecule has 0 aliphatic carbocycles. The number of hydrogen-bond donors (Lipinski definition) is 0. The third kappa shape index (κ3) is 3.68. The van der Waals surface area contributed by atoms with Crippen LogP contribution in [0.4, 0.5) is 0 Å². The molecule has 8 heavy (non-hydrogen) atoms. The van der Waals surface area contributed by atoms with Crippen LogP contribution >= 0.6 is 11.8 Å². The number of aliphatic imine (C=N–C) groups is 1. The van der Waals surface area contributed by atoms with Crippen LogP contribution in [0.5, 0.6) is 0 Å². The maximum Gasteiger partial charge on any atom is 0.0925 e. The van der Waals surface area contributed by atoms with E-state index in [0.717, 1.165) is 5.03 Å². The summed E-state index contributed by atoms with van der Waals surface area (Å²) in [5.41, 5.74) is 0. The normalized spacial score (nSPS) is 9.62. The van der Waals surface area contributed by atoms with E-state index in [2.05, 4.69) is 18.2 Å². The Kier molecular flexibility index (Phi) is 4.36. The molecule has 0 aromatic carbocycles. The molecule has 0 fully saturated rings. The Bertz CT molecular complexity index is 116. The largest absolute Gasteiger partial charge is 0.255 e. The summed E-state index contributed by atoms with van der Waals surface area (Å²) in [5, 5.41) is 2.48. The zero-order valence-electron chi connectivity index (χ0n) is 4.92. The van der Waals surface area contributed by atoms with Crippen LogP contribution in [0.25, 0.3) is 0 Å². The summed E-state index contributed by atoms with van der Waals surface area (Å²) < 4.78 is 0. The van der Waals surface area contributed by atoms with Crippen molar-refractivity contribution >= 4 is 18.0 Å². The fraction of sp³-hybridized carbons (Fsp3) is 0.167. The van der Waals surface area contributed by atoms with Crippen LogP contribution in [0, 0.1) is 0 Å². The highest BCUT2D eigenvalue weighted by molar-refractivity contribution is 8.05. The highest BCUT2D eigenvalue weighted by Gasteiger charge is 1.79. The van der Waals surface area contributed by atoms with Crippen molar-refractivity contribution in [3.05, 3.63) is 23.6 Å². The minimum atomic E-state index is 0.780. The highest BCUT2D eigenvalue weighted by atomic mass is 32.2. The van der Waals surface area contributed by atoms with Gasteiger partial charge in [0.2, 0.25) is 0 Å². The molecule has 0 aliphatic heterocycles. The van der Waals surface area contributed by atoms with E-state index in [1.807, 2.05) is 6.92 Å². The lowest BCUT2D eigenvalue weighted by molar-refractivity contribution is 1.56. The van der Waals surface area contributed by atoms with Crippen molar-refractivity contribution in [2.24, 2.45) is 4.99 Å². The van der Waals surface area contributed by atoms with Crippen LogP contribution < -0.4 is 0 Å². The molecule has 44 valence electrons. The van der Waals surface area contributed by atoms with E-state index in [-0.39, 0.29) is 0 Å². The molecule has 0 rings (SSSR count). The van der Waals surface area contributed by atoms with E-state index < -0.39 is 0 Å². The Balaban J connectivity index is 3.48. The third-order valence-electron chi connectivity index (χ3n) is 0.492. The molecule has 0 radical (unpaired) electrons. The Morgan fingerprint density at radius 1 is 1.75 bits per heavy atom. The molecule has 0 saturated heterocycles. The summed E-state index contributed by atoms with van der Waals surface area (Å²) in [5.74, 6) is 0. The van der Waals surface area contributed by atoms with Gasteiger partial charge in [-0.15, -0.1) is 0 Å². The fourth-order valence-corrected chi connectivity index (χ4v) is 0.629. The van der Waals surface area contributed by atoms with Gasteiger partial charge >= 0.3 is 0 Å². The van der Waals surface area contributed by atoms with Crippen molar-refractivity contribution in [2.75, 3.05) is 0 Å². The fourth-order valence-electron chi connectivity index (χ4n) is 0.271. The van der Waals surface area contributed by atoms with Crippen molar-refractivity contribution in [3.63, 3.8) is 0 Å². The second-order valence-corrected chi connectivity index (χ2v) is 2.11. The SMILES string of the molecule is C=CSC(=C)/N=C\C. The maximum atomic E-state index is 3.89. The lowest BCUT2D eigenvalue weighted by atomic mass is 10.9. The molecule has 0 N–H and O–H groups in total. The van der Waals surface area contributed by atoms with Gasteiger partial charge in [0.25, 0.3) is 0 Å². The van der Waals surface area contributed by atoms with E-state index >= 15 is 0 Å². The first-order chi connectivity index (χ1) is 3.81. The van der Waals surface area contributed by atoms with Gasteiger partial charge in [0.05, 0.1) is 5.03 Å². The lowest BCUT2D eigenvalue weighted by Crippen LogP contribution is -1.62. The van der Waals surface area contributed by atoms with Gasteiger partial charge < -0.3 is 0 Å². The average Bonchev–Trinajstić information content (AvgIpc) is 1.68. The van der Waals surface area contributed by atoms with Gasteiger partial charge in [-0.2, -0.15) is 0 Å². The highest BCUT2D eigenvalue weighted by Crippen LogP contribution is 2.13. The molecule has 0 bridgehead atoms. The van der Waals surface area contributed by atoms with Gasteiger partial charge in [0.15, 0.2) is 0 Å². The summed E-state index contributed by atoms with van der Waals surface area (Å²) in [6.45, 7) is 9.00. The summed E-state index contributed by atoms with van der Waals surface area (Å²) in [7, 11) is 0. The van der Waals surface area contributed by atoms with Crippen molar-refractivity contribution in [3.8, 4) is 0 Å². The first kappa shape index (κ1) is 7.50. The number of hydrogen-bond acceptors (Lipinski definition) is 2. The Labute approximate surface area is 54.2 Å². The minimum Gasteiger partial charge on any atom is -0.255 e. The van der Waals surface area contributed by atoms with Crippen LogP contribution in [0.1, 0.15) is 6.92 Å². The second kappa shape index (κ2) is 4.65. The van der Waals surface area contributed by atoms with Crippen LogP contribution in [0.3, 0.4) is 0 Å². The van der Waals surface area contributed by atoms with Crippen molar-refractivity contribution in [1.29, 1.82) is 0 Å². The molecule has 0 saturated carbocycles. The smallest absolute Gasteiger partial charge is 0.0925 e. The summed E-state index contributed by atoms with van der Waals surface area (Å²) >= 11 is 1.43. The molecule has 1 nitrogen and oxygen atoms in total. The predicted octanol–water partition coefficient (Wildman–Crippen LogP) is 2.43. The van der Waals surface area contributed by atoms with Gasteiger partial charge in [-0.1, -0.05) is 24.9 Å². The zero-order chi connectivity index (χ0) is 6.41. The first-order valence-corrected chi connectivity index (χ1v) is 3.14. The molecule has 0 heterocycles. The molecule has 0 aromatic rings. The van der Waals surface area contributed by atoms with Crippen LogP contribution in [-0.4, -0.2) is 6.21 Å². The third-order valence-corrected chi connectivity index (χ3v) is 1.04.